The fourth-order valence-electron chi connectivity index (χ4n) is 3.39. The molecule has 1 N–H and O–H groups in total. The highest BCUT2D eigenvalue weighted by Crippen LogP contribution is 2.31. The third-order valence-electron chi connectivity index (χ3n) is 5.00. The lowest BCUT2D eigenvalue weighted by Crippen LogP contribution is -2.33. The summed E-state index contributed by atoms with van der Waals surface area (Å²) in [5.74, 6) is -0.562. The number of benzene rings is 1. The summed E-state index contributed by atoms with van der Waals surface area (Å²) in [7, 11) is 1.61. The highest BCUT2D eigenvalue weighted by Gasteiger charge is 2.24. The molecule has 0 fully saturated rings. The third kappa shape index (κ3) is 3.60. The monoisotopic (exact) mass is 436 g/mol. The number of rotatable bonds is 5. The van der Waals surface area contributed by atoms with Gasteiger partial charge in [0.25, 0.3) is 5.56 Å². The van der Waals surface area contributed by atoms with Gasteiger partial charge in [0.15, 0.2) is 0 Å². The molecular weight excluding hydrogens is 419 g/mol. The number of carbonyl (C=O) groups excluding carboxylic acids is 1. The summed E-state index contributed by atoms with van der Waals surface area (Å²) in [5.41, 5.74) is 1.19. The number of anilines is 1. The molecule has 0 spiro atoms. The van der Waals surface area contributed by atoms with E-state index < -0.39 is 11.9 Å². The van der Waals surface area contributed by atoms with Gasteiger partial charge in [0.05, 0.1) is 17.9 Å². The molecule has 0 aliphatic rings. The van der Waals surface area contributed by atoms with E-state index in [1.54, 1.807) is 31.5 Å². The maximum absolute atomic E-state index is 13.4. The summed E-state index contributed by atoms with van der Waals surface area (Å²) < 4.78 is 16.0. The molecular formula is C21H17FN6O2S. The molecule has 0 aliphatic heterocycles. The van der Waals surface area contributed by atoms with Crippen LogP contribution in [0.15, 0.2) is 47.0 Å². The number of aromatic nitrogens is 4. The van der Waals surface area contributed by atoms with Crippen molar-refractivity contribution in [3.05, 3.63) is 63.9 Å². The van der Waals surface area contributed by atoms with E-state index in [4.69, 9.17) is 0 Å². The van der Waals surface area contributed by atoms with Crippen molar-refractivity contribution in [3.63, 3.8) is 0 Å². The van der Waals surface area contributed by atoms with Gasteiger partial charge in [-0.15, -0.1) is 11.3 Å². The van der Waals surface area contributed by atoms with Gasteiger partial charge in [-0.1, -0.05) is 19.1 Å². The van der Waals surface area contributed by atoms with Crippen LogP contribution in [0.1, 0.15) is 24.9 Å². The molecule has 0 saturated carbocycles. The number of amides is 1. The quantitative estimate of drug-likeness (QED) is 0.516. The van der Waals surface area contributed by atoms with Gasteiger partial charge in [0.2, 0.25) is 5.91 Å². The molecule has 1 amide bonds. The molecule has 4 rings (SSSR count). The summed E-state index contributed by atoms with van der Waals surface area (Å²) in [5, 5.41) is 18.1. The van der Waals surface area contributed by atoms with Gasteiger partial charge in [0.1, 0.15) is 34.1 Å². The fraction of sp³-hybridized carbons (Fsp3) is 0.190. The van der Waals surface area contributed by atoms with Crippen molar-refractivity contribution >= 4 is 33.3 Å². The van der Waals surface area contributed by atoms with Crippen LogP contribution in [-0.2, 0) is 11.8 Å². The number of halogens is 1. The number of carbonyl (C=O) groups is 1. The van der Waals surface area contributed by atoms with Crippen LogP contribution in [0, 0.1) is 17.1 Å². The SMILES string of the molecule is CCC(C(=O)Nc1c(C#N)cnn1C)n1cnc2scc(-c3ccc(F)cc3)c2c1=O. The Labute approximate surface area is 180 Å². The minimum Gasteiger partial charge on any atom is -0.308 e. The van der Waals surface area contributed by atoms with E-state index in [9.17, 15) is 19.2 Å². The first-order valence-electron chi connectivity index (χ1n) is 9.41. The number of hydrogen-bond acceptors (Lipinski definition) is 6. The molecule has 3 aromatic heterocycles. The van der Waals surface area contributed by atoms with Gasteiger partial charge in [0, 0.05) is 18.0 Å². The second kappa shape index (κ2) is 8.12. The van der Waals surface area contributed by atoms with Gasteiger partial charge in [-0.25, -0.2) is 9.37 Å². The van der Waals surface area contributed by atoms with Crippen LogP contribution in [0.2, 0.25) is 0 Å². The summed E-state index contributed by atoms with van der Waals surface area (Å²) in [4.78, 5) is 31.2. The average molecular weight is 436 g/mol. The van der Waals surface area contributed by atoms with E-state index in [1.807, 2.05) is 6.07 Å². The molecule has 0 aliphatic carbocycles. The molecule has 4 aromatic rings. The number of fused-ring (bicyclic) bond motifs is 1. The number of nitriles is 1. The van der Waals surface area contributed by atoms with Crippen LogP contribution in [0.4, 0.5) is 10.2 Å². The van der Waals surface area contributed by atoms with E-state index in [1.165, 1.54) is 45.2 Å². The molecule has 8 nitrogen and oxygen atoms in total. The maximum Gasteiger partial charge on any atom is 0.263 e. The molecule has 0 bridgehead atoms. The number of nitrogens with one attached hydrogen (secondary N) is 1. The lowest BCUT2D eigenvalue weighted by atomic mass is 10.1. The summed E-state index contributed by atoms with van der Waals surface area (Å²) in [6, 6.07) is 7.00. The van der Waals surface area contributed by atoms with E-state index in [-0.39, 0.29) is 22.8 Å². The van der Waals surface area contributed by atoms with Gasteiger partial charge < -0.3 is 5.32 Å². The Morgan fingerprint density at radius 2 is 2.10 bits per heavy atom. The van der Waals surface area contributed by atoms with Crippen molar-refractivity contribution < 1.29 is 9.18 Å². The topological polar surface area (TPSA) is 106 Å². The van der Waals surface area contributed by atoms with Crippen molar-refractivity contribution in [3.8, 4) is 17.2 Å². The van der Waals surface area contributed by atoms with Gasteiger partial charge in [-0.05, 0) is 24.1 Å². The molecule has 156 valence electrons. The molecule has 1 unspecified atom stereocenters. The first kappa shape index (κ1) is 20.4. The molecule has 1 aromatic carbocycles. The number of nitrogens with zero attached hydrogens (tertiary/aromatic N) is 5. The van der Waals surface area contributed by atoms with E-state index in [0.29, 0.717) is 27.8 Å². The fourth-order valence-corrected chi connectivity index (χ4v) is 4.29. The Hall–Kier alpha value is -3.84. The van der Waals surface area contributed by atoms with E-state index in [0.717, 1.165) is 0 Å². The Morgan fingerprint density at radius 1 is 1.35 bits per heavy atom. The van der Waals surface area contributed by atoms with Crippen molar-refractivity contribution in [1.29, 1.82) is 5.26 Å². The predicted molar refractivity (Wildman–Crippen MR) is 115 cm³/mol. The first-order chi connectivity index (χ1) is 14.9. The van der Waals surface area contributed by atoms with Crippen LogP contribution in [0.3, 0.4) is 0 Å². The van der Waals surface area contributed by atoms with E-state index >= 15 is 0 Å². The van der Waals surface area contributed by atoms with Crippen LogP contribution in [0.25, 0.3) is 21.3 Å². The highest BCUT2D eigenvalue weighted by molar-refractivity contribution is 7.17. The van der Waals surface area contributed by atoms with Gasteiger partial charge >= 0.3 is 0 Å². The zero-order chi connectivity index (χ0) is 22.1. The Bertz CT molecular complexity index is 1380. The van der Waals surface area contributed by atoms with Crippen LogP contribution in [0.5, 0.6) is 0 Å². The zero-order valence-corrected chi connectivity index (χ0v) is 17.5. The molecule has 0 saturated heterocycles. The van der Waals surface area contributed by atoms with Crippen molar-refractivity contribution in [2.45, 2.75) is 19.4 Å². The number of hydrogen-bond donors (Lipinski definition) is 1. The molecule has 31 heavy (non-hydrogen) atoms. The minimum atomic E-state index is -0.841. The standard InChI is InChI=1S/C21H17FN6O2S/c1-3-16(19(29)26-18-13(8-23)9-25-27(18)2)28-11-24-20-17(21(28)30)15(10-31-20)12-4-6-14(22)7-5-12/h4-7,9-11,16H,3H2,1-2H3,(H,26,29). The lowest BCUT2D eigenvalue weighted by molar-refractivity contribution is -0.119. The summed E-state index contributed by atoms with van der Waals surface area (Å²) in [6.07, 6.45) is 3.04. The van der Waals surface area contributed by atoms with Gasteiger partial charge in [-0.3, -0.25) is 18.8 Å². The first-order valence-corrected chi connectivity index (χ1v) is 10.3. The van der Waals surface area contributed by atoms with Crippen LogP contribution in [-0.4, -0.2) is 25.2 Å². The average Bonchev–Trinajstić information content (AvgIpc) is 3.35. The normalized spacial score (nSPS) is 11.9. The second-order valence-corrected chi connectivity index (χ2v) is 7.71. The third-order valence-corrected chi connectivity index (χ3v) is 5.89. The Balaban J connectivity index is 1.76. The van der Waals surface area contributed by atoms with E-state index in [2.05, 4.69) is 15.4 Å². The Kier molecular flexibility index (Phi) is 5.35. The van der Waals surface area contributed by atoms with Crippen molar-refractivity contribution in [1.82, 2.24) is 19.3 Å². The van der Waals surface area contributed by atoms with Gasteiger partial charge in [-0.2, -0.15) is 10.4 Å². The molecule has 1 atom stereocenters. The second-order valence-electron chi connectivity index (χ2n) is 6.85. The summed E-state index contributed by atoms with van der Waals surface area (Å²) in [6.45, 7) is 1.78. The molecule has 3 heterocycles. The smallest absolute Gasteiger partial charge is 0.263 e. The lowest BCUT2D eigenvalue weighted by Gasteiger charge is -2.18. The van der Waals surface area contributed by atoms with Crippen LogP contribution >= 0.6 is 11.3 Å². The highest BCUT2D eigenvalue weighted by atomic mass is 32.1. The molecule has 10 heteroatoms. The van der Waals surface area contributed by atoms with Crippen LogP contribution < -0.4 is 10.9 Å². The predicted octanol–water partition coefficient (Wildman–Crippen LogP) is 3.46. The number of aryl methyl sites for hydroxylation is 1. The maximum atomic E-state index is 13.4. The molecule has 0 radical (unpaired) electrons. The Morgan fingerprint density at radius 3 is 2.77 bits per heavy atom. The minimum absolute atomic E-state index is 0.225. The van der Waals surface area contributed by atoms with Crippen molar-refractivity contribution in [2.24, 2.45) is 7.05 Å². The zero-order valence-electron chi connectivity index (χ0n) is 16.7. The summed E-state index contributed by atoms with van der Waals surface area (Å²) >= 11 is 1.31. The van der Waals surface area contributed by atoms with Crippen molar-refractivity contribution in [2.75, 3.05) is 5.32 Å². The largest absolute Gasteiger partial charge is 0.308 e. The number of thiophene rings is 1.